The Morgan fingerprint density at radius 2 is 1.84 bits per heavy atom. The first kappa shape index (κ1) is 17.2. The molecule has 0 fully saturated rings. The van der Waals surface area contributed by atoms with Gasteiger partial charge in [0.1, 0.15) is 6.61 Å². The summed E-state index contributed by atoms with van der Waals surface area (Å²) in [7, 11) is 1.85. The van der Waals surface area contributed by atoms with Crippen molar-refractivity contribution in [2.24, 2.45) is 7.05 Å². The van der Waals surface area contributed by atoms with Gasteiger partial charge in [-0.05, 0) is 29.8 Å². The molecule has 0 N–H and O–H groups in total. The maximum absolute atomic E-state index is 12.7. The molecular weight excluding hydrogens is 382 g/mol. The first-order chi connectivity index (χ1) is 12.1. The Balaban J connectivity index is 1.77. The van der Waals surface area contributed by atoms with Crippen molar-refractivity contribution in [3.05, 3.63) is 82.6 Å². The molecule has 0 saturated heterocycles. The van der Waals surface area contributed by atoms with Crippen molar-refractivity contribution in [1.82, 2.24) is 9.78 Å². The predicted molar refractivity (Wildman–Crippen MR) is 100 cm³/mol. The Labute approximate surface area is 155 Å². The van der Waals surface area contributed by atoms with Crippen molar-refractivity contribution in [2.75, 3.05) is 4.90 Å². The second-order valence-electron chi connectivity index (χ2n) is 5.62. The normalized spacial score (nSPS) is 10.5. The Hall–Kier alpha value is -2.60. The molecule has 5 nitrogen and oxygen atoms in total. The summed E-state index contributed by atoms with van der Waals surface area (Å²) in [6.45, 7) is 0.628. The third-order valence-corrected chi connectivity index (χ3v) is 4.19. The number of ether oxygens (including phenoxy) is 1. The number of aryl methyl sites for hydroxylation is 1. The summed E-state index contributed by atoms with van der Waals surface area (Å²) in [6, 6.07) is 17.2. The molecule has 0 aliphatic carbocycles. The molecule has 128 valence electrons. The molecule has 1 amide bonds. The summed E-state index contributed by atoms with van der Waals surface area (Å²) in [5.74, 6) is 0. The quantitative estimate of drug-likeness (QED) is 0.633. The van der Waals surface area contributed by atoms with E-state index in [0.29, 0.717) is 6.54 Å². The van der Waals surface area contributed by atoms with E-state index in [1.54, 1.807) is 15.8 Å². The Morgan fingerprint density at radius 1 is 1.12 bits per heavy atom. The average Bonchev–Trinajstić information content (AvgIpc) is 3.04. The van der Waals surface area contributed by atoms with Gasteiger partial charge in [-0.15, -0.1) is 0 Å². The predicted octanol–water partition coefficient (Wildman–Crippen LogP) is 4.53. The number of hydrogen-bond donors (Lipinski definition) is 0. The lowest BCUT2D eigenvalue weighted by atomic mass is 10.2. The molecular formula is C19H18BrN3O2. The van der Waals surface area contributed by atoms with Crippen LogP contribution in [0, 0.1) is 0 Å². The number of benzene rings is 2. The van der Waals surface area contributed by atoms with Crippen LogP contribution in [-0.2, 0) is 24.9 Å². The first-order valence-electron chi connectivity index (χ1n) is 7.83. The van der Waals surface area contributed by atoms with Gasteiger partial charge in [-0.1, -0.05) is 46.3 Å². The number of aromatic nitrogens is 2. The summed E-state index contributed by atoms with van der Waals surface area (Å²) >= 11 is 3.42. The number of rotatable bonds is 5. The van der Waals surface area contributed by atoms with Crippen LogP contribution in [0.25, 0.3) is 0 Å². The topological polar surface area (TPSA) is 47.4 Å². The third-order valence-electron chi connectivity index (χ3n) is 3.66. The minimum atomic E-state index is -0.393. The SMILES string of the molecule is Cn1cc(CN(C(=O)OCc2ccccc2)c2ccc(Br)cc2)cn1. The number of halogens is 1. The highest BCUT2D eigenvalue weighted by Gasteiger charge is 2.18. The lowest BCUT2D eigenvalue weighted by Gasteiger charge is -2.22. The smallest absolute Gasteiger partial charge is 0.414 e. The van der Waals surface area contributed by atoms with Crippen molar-refractivity contribution < 1.29 is 9.53 Å². The molecule has 2 aromatic carbocycles. The molecule has 0 saturated carbocycles. The van der Waals surface area contributed by atoms with Crippen LogP contribution in [0.1, 0.15) is 11.1 Å². The summed E-state index contributed by atoms with van der Waals surface area (Å²) in [5.41, 5.74) is 2.65. The minimum absolute atomic E-state index is 0.236. The van der Waals surface area contributed by atoms with Gasteiger partial charge < -0.3 is 4.74 Å². The van der Waals surface area contributed by atoms with Crippen molar-refractivity contribution >= 4 is 27.7 Å². The van der Waals surface area contributed by atoms with Crippen LogP contribution in [0.4, 0.5) is 10.5 Å². The molecule has 0 spiro atoms. The van der Waals surface area contributed by atoms with E-state index in [2.05, 4.69) is 21.0 Å². The Kier molecular flexibility index (Phi) is 5.50. The molecule has 3 aromatic rings. The van der Waals surface area contributed by atoms with E-state index in [4.69, 9.17) is 4.74 Å². The standard InChI is InChI=1S/C19H18BrN3O2/c1-22-12-16(11-21-22)13-23(18-9-7-17(20)8-10-18)19(24)25-14-15-5-3-2-4-6-15/h2-12H,13-14H2,1H3. The molecule has 0 atom stereocenters. The van der Waals surface area contributed by atoms with E-state index in [-0.39, 0.29) is 6.61 Å². The molecule has 0 radical (unpaired) electrons. The lowest BCUT2D eigenvalue weighted by molar-refractivity contribution is 0.146. The second kappa shape index (κ2) is 7.98. The summed E-state index contributed by atoms with van der Waals surface area (Å²) in [5, 5.41) is 4.16. The maximum atomic E-state index is 12.7. The van der Waals surface area contributed by atoms with Gasteiger partial charge in [-0.3, -0.25) is 9.58 Å². The van der Waals surface area contributed by atoms with Crippen LogP contribution in [0.3, 0.4) is 0 Å². The van der Waals surface area contributed by atoms with Gasteiger partial charge in [0.15, 0.2) is 0 Å². The summed E-state index contributed by atoms with van der Waals surface area (Å²) < 4.78 is 8.17. The highest BCUT2D eigenvalue weighted by molar-refractivity contribution is 9.10. The molecule has 1 aromatic heterocycles. The van der Waals surface area contributed by atoms with Gasteiger partial charge in [-0.25, -0.2) is 4.79 Å². The fourth-order valence-corrected chi connectivity index (χ4v) is 2.68. The summed E-state index contributed by atoms with van der Waals surface area (Å²) in [6.07, 6.45) is 3.24. The molecule has 0 aliphatic heterocycles. The number of hydrogen-bond acceptors (Lipinski definition) is 3. The fraction of sp³-hybridized carbons (Fsp3) is 0.158. The highest BCUT2D eigenvalue weighted by atomic mass is 79.9. The van der Waals surface area contributed by atoms with Crippen LogP contribution >= 0.6 is 15.9 Å². The highest BCUT2D eigenvalue weighted by Crippen LogP contribution is 2.21. The minimum Gasteiger partial charge on any atom is -0.444 e. The molecule has 0 aliphatic rings. The zero-order chi connectivity index (χ0) is 17.6. The number of nitrogens with zero attached hydrogens (tertiary/aromatic N) is 3. The molecule has 1 heterocycles. The van der Waals surface area contributed by atoms with Crippen molar-refractivity contribution in [3.8, 4) is 0 Å². The lowest BCUT2D eigenvalue weighted by Crippen LogP contribution is -2.30. The van der Waals surface area contributed by atoms with E-state index < -0.39 is 6.09 Å². The van der Waals surface area contributed by atoms with Crippen molar-refractivity contribution in [3.63, 3.8) is 0 Å². The monoisotopic (exact) mass is 399 g/mol. The van der Waals surface area contributed by atoms with E-state index in [0.717, 1.165) is 21.3 Å². The van der Waals surface area contributed by atoms with Crippen LogP contribution in [0.15, 0.2) is 71.5 Å². The number of carbonyl (C=O) groups is 1. The average molecular weight is 400 g/mol. The summed E-state index contributed by atoms with van der Waals surface area (Å²) in [4.78, 5) is 14.3. The van der Waals surface area contributed by atoms with Gasteiger partial charge in [0, 0.05) is 29.0 Å². The van der Waals surface area contributed by atoms with Crippen molar-refractivity contribution in [2.45, 2.75) is 13.2 Å². The number of anilines is 1. The van der Waals surface area contributed by atoms with Gasteiger partial charge >= 0.3 is 6.09 Å². The molecule has 3 rings (SSSR count). The molecule has 0 bridgehead atoms. The van der Waals surface area contributed by atoms with E-state index in [1.165, 1.54) is 0 Å². The van der Waals surface area contributed by atoms with Gasteiger partial charge in [0.05, 0.1) is 12.7 Å². The van der Waals surface area contributed by atoms with E-state index in [1.807, 2.05) is 67.8 Å². The van der Waals surface area contributed by atoms with Crippen LogP contribution < -0.4 is 4.90 Å². The van der Waals surface area contributed by atoms with Crippen LogP contribution in [0.2, 0.25) is 0 Å². The van der Waals surface area contributed by atoms with E-state index >= 15 is 0 Å². The number of amides is 1. The second-order valence-corrected chi connectivity index (χ2v) is 6.54. The molecule has 6 heteroatoms. The van der Waals surface area contributed by atoms with Crippen molar-refractivity contribution in [1.29, 1.82) is 0 Å². The van der Waals surface area contributed by atoms with Gasteiger partial charge in [-0.2, -0.15) is 5.10 Å². The largest absolute Gasteiger partial charge is 0.444 e. The van der Waals surface area contributed by atoms with E-state index in [9.17, 15) is 4.79 Å². The third kappa shape index (κ3) is 4.70. The molecule has 25 heavy (non-hydrogen) atoms. The first-order valence-corrected chi connectivity index (χ1v) is 8.62. The Morgan fingerprint density at radius 3 is 2.48 bits per heavy atom. The van der Waals surface area contributed by atoms with Gasteiger partial charge in [0.2, 0.25) is 0 Å². The molecule has 0 unspecified atom stereocenters. The zero-order valence-electron chi connectivity index (χ0n) is 13.8. The zero-order valence-corrected chi connectivity index (χ0v) is 15.4. The van der Waals surface area contributed by atoms with Crippen LogP contribution in [-0.4, -0.2) is 15.9 Å². The fourth-order valence-electron chi connectivity index (χ4n) is 2.42. The Bertz CT molecular complexity index is 831. The maximum Gasteiger partial charge on any atom is 0.414 e. The van der Waals surface area contributed by atoms with Crippen LogP contribution in [0.5, 0.6) is 0 Å². The number of carbonyl (C=O) groups excluding carboxylic acids is 1. The van der Waals surface area contributed by atoms with Gasteiger partial charge in [0.25, 0.3) is 0 Å².